The number of aryl methyl sites for hydroxylation is 1. The summed E-state index contributed by atoms with van der Waals surface area (Å²) in [6.07, 6.45) is 6.49. The first-order chi connectivity index (χ1) is 17.9. The molecule has 0 aliphatic heterocycles. The zero-order valence-electron chi connectivity index (χ0n) is 21.5. The molecule has 194 valence electrons. The summed E-state index contributed by atoms with van der Waals surface area (Å²) in [5.41, 5.74) is 10.8. The number of carboxylic acids is 1. The topological polar surface area (TPSA) is 118 Å². The first-order valence-corrected chi connectivity index (χ1v) is 12.4. The summed E-state index contributed by atoms with van der Waals surface area (Å²) in [7, 11) is 1.88. The molecule has 0 bridgehead atoms. The number of carbonyl (C=O) groups is 1. The van der Waals surface area contributed by atoms with Crippen LogP contribution in [0.25, 0.3) is 11.1 Å². The lowest BCUT2D eigenvalue weighted by atomic mass is 9.98. The Morgan fingerprint density at radius 2 is 1.76 bits per heavy atom. The minimum atomic E-state index is -0.808. The van der Waals surface area contributed by atoms with Gasteiger partial charge in [-0.2, -0.15) is 5.10 Å². The molecule has 0 radical (unpaired) electrons. The molecule has 5 N–H and O–H groups in total. The van der Waals surface area contributed by atoms with Crippen molar-refractivity contribution in [2.45, 2.75) is 25.7 Å². The van der Waals surface area contributed by atoms with Gasteiger partial charge in [-0.3, -0.25) is 9.48 Å². The molecule has 4 aromatic rings. The maximum Gasteiger partial charge on any atom is 0.307 e. The van der Waals surface area contributed by atoms with Crippen molar-refractivity contribution >= 4 is 17.5 Å². The largest absolute Gasteiger partial charge is 0.481 e. The van der Waals surface area contributed by atoms with Gasteiger partial charge in [-0.1, -0.05) is 67.6 Å². The van der Waals surface area contributed by atoms with Crippen LogP contribution in [0.2, 0.25) is 0 Å². The lowest BCUT2D eigenvalue weighted by molar-refractivity contribution is -0.136. The Balaban J connectivity index is 0.000000555. The van der Waals surface area contributed by atoms with Crippen LogP contribution in [-0.4, -0.2) is 45.5 Å². The number of hydrogen-bond acceptors (Lipinski definition) is 6. The van der Waals surface area contributed by atoms with Crippen LogP contribution in [0.3, 0.4) is 0 Å². The van der Waals surface area contributed by atoms with Gasteiger partial charge in [0.25, 0.3) is 0 Å². The van der Waals surface area contributed by atoms with E-state index in [1.54, 1.807) is 17.1 Å². The Labute approximate surface area is 218 Å². The molecular formula is C29H36N6O2. The van der Waals surface area contributed by atoms with Crippen LogP contribution < -0.4 is 16.4 Å². The van der Waals surface area contributed by atoms with Gasteiger partial charge < -0.3 is 21.5 Å². The van der Waals surface area contributed by atoms with Crippen molar-refractivity contribution < 1.29 is 9.90 Å². The molecule has 0 aliphatic rings. The maximum absolute atomic E-state index is 10.9. The molecule has 0 saturated carbocycles. The second-order valence-electron chi connectivity index (χ2n) is 8.92. The number of rotatable bonds is 11. The third-order valence-electron chi connectivity index (χ3n) is 5.80. The number of nitrogens with one attached hydrogen (secondary N) is 2. The second kappa shape index (κ2) is 14.4. The zero-order valence-corrected chi connectivity index (χ0v) is 21.5. The molecular weight excluding hydrogens is 464 g/mol. The number of anilines is 2. The van der Waals surface area contributed by atoms with Gasteiger partial charge in [-0.15, -0.1) is 0 Å². The number of aromatic nitrogens is 3. The lowest BCUT2D eigenvalue weighted by Gasteiger charge is -2.15. The van der Waals surface area contributed by atoms with Crippen molar-refractivity contribution in [2.75, 3.05) is 30.7 Å². The van der Waals surface area contributed by atoms with Gasteiger partial charge in [0, 0.05) is 43.7 Å². The fourth-order valence-electron chi connectivity index (χ4n) is 3.79. The molecule has 0 saturated heterocycles. The highest BCUT2D eigenvalue weighted by molar-refractivity contribution is 5.72. The van der Waals surface area contributed by atoms with Gasteiger partial charge in [0.2, 0.25) is 0 Å². The molecule has 2 aromatic carbocycles. The SMILES string of the molecule is CC(CNCCCNc1cc(-c2cnn(C)c2)cnc1N)c1cccc(CC(=O)O)c1.c1ccccc1. The molecule has 2 heterocycles. The fourth-order valence-corrected chi connectivity index (χ4v) is 3.79. The second-order valence-corrected chi connectivity index (χ2v) is 8.92. The predicted molar refractivity (Wildman–Crippen MR) is 149 cm³/mol. The minimum Gasteiger partial charge on any atom is -0.481 e. The van der Waals surface area contributed by atoms with Crippen molar-refractivity contribution in [1.29, 1.82) is 0 Å². The van der Waals surface area contributed by atoms with E-state index in [1.165, 1.54) is 0 Å². The van der Waals surface area contributed by atoms with E-state index in [9.17, 15) is 4.79 Å². The van der Waals surface area contributed by atoms with E-state index in [0.717, 1.165) is 54.0 Å². The van der Waals surface area contributed by atoms with Crippen LogP contribution in [0.1, 0.15) is 30.4 Å². The molecule has 0 aliphatic carbocycles. The Kier molecular flexibility index (Phi) is 10.7. The third kappa shape index (κ3) is 9.42. The Morgan fingerprint density at radius 1 is 1.03 bits per heavy atom. The highest BCUT2D eigenvalue weighted by Gasteiger charge is 2.08. The summed E-state index contributed by atoms with van der Waals surface area (Å²) in [6.45, 7) is 4.61. The van der Waals surface area contributed by atoms with Gasteiger partial charge in [-0.05, 0) is 36.1 Å². The molecule has 37 heavy (non-hydrogen) atoms. The van der Waals surface area contributed by atoms with E-state index in [4.69, 9.17) is 10.8 Å². The van der Waals surface area contributed by atoms with E-state index in [0.29, 0.717) is 11.7 Å². The molecule has 8 heteroatoms. The van der Waals surface area contributed by atoms with Gasteiger partial charge in [-0.25, -0.2) is 4.98 Å². The van der Waals surface area contributed by atoms with Gasteiger partial charge in [0.15, 0.2) is 0 Å². The quantitative estimate of drug-likeness (QED) is 0.223. The molecule has 2 aromatic heterocycles. The van der Waals surface area contributed by atoms with Crippen molar-refractivity contribution in [3.63, 3.8) is 0 Å². The van der Waals surface area contributed by atoms with Crippen molar-refractivity contribution in [3.05, 3.63) is 96.4 Å². The van der Waals surface area contributed by atoms with Crippen LogP contribution in [0.4, 0.5) is 11.5 Å². The monoisotopic (exact) mass is 500 g/mol. The van der Waals surface area contributed by atoms with Gasteiger partial charge in [0.1, 0.15) is 5.82 Å². The predicted octanol–water partition coefficient (Wildman–Crippen LogP) is 4.57. The van der Waals surface area contributed by atoms with Crippen molar-refractivity contribution in [1.82, 2.24) is 20.1 Å². The smallest absolute Gasteiger partial charge is 0.307 e. The van der Waals surface area contributed by atoms with Crippen molar-refractivity contribution in [3.8, 4) is 11.1 Å². The summed E-state index contributed by atoms with van der Waals surface area (Å²) >= 11 is 0. The number of aliphatic carboxylic acids is 1. The fraction of sp³-hybridized carbons (Fsp3) is 0.276. The summed E-state index contributed by atoms with van der Waals surface area (Å²) in [5.74, 6) is -0.0228. The standard InChI is InChI=1S/C23H30N6O2.C6H6/c1-16(18-6-3-5-17(9-18)10-22(30)31)12-25-7-4-8-26-21-11-19(13-27-23(21)24)20-14-28-29(2)15-20;1-2-4-6-5-3-1/h3,5-6,9,11,13-16,25-26H,4,7-8,10,12H2,1-2H3,(H2,24,27)(H,30,31);1-6H. The number of hydrogen-bond donors (Lipinski definition) is 4. The van der Waals surface area contributed by atoms with Crippen LogP contribution >= 0.6 is 0 Å². The number of benzene rings is 2. The van der Waals surface area contributed by atoms with Crippen LogP contribution in [0.5, 0.6) is 0 Å². The average Bonchev–Trinajstić information content (AvgIpc) is 3.34. The summed E-state index contributed by atoms with van der Waals surface area (Å²) in [5, 5.41) is 20.0. The highest BCUT2D eigenvalue weighted by Crippen LogP contribution is 2.24. The van der Waals surface area contributed by atoms with Crippen molar-refractivity contribution in [2.24, 2.45) is 7.05 Å². The normalized spacial score (nSPS) is 11.3. The van der Waals surface area contributed by atoms with Crippen LogP contribution in [0, 0.1) is 0 Å². The Morgan fingerprint density at radius 3 is 2.41 bits per heavy atom. The molecule has 0 amide bonds. The number of nitrogens with zero attached hydrogens (tertiary/aromatic N) is 3. The molecule has 1 atom stereocenters. The maximum atomic E-state index is 10.9. The number of pyridine rings is 1. The van der Waals surface area contributed by atoms with Crippen LogP contribution in [0.15, 0.2) is 85.3 Å². The first kappa shape index (κ1) is 27.4. The Hall–Kier alpha value is -4.17. The van der Waals surface area contributed by atoms with Crippen LogP contribution in [-0.2, 0) is 18.3 Å². The number of nitrogen functional groups attached to an aromatic ring is 1. The minimum absolute atomic E-state index is 0.0552. The number of nitrogens with two attached hydrogens (primary N) is 1. The average molecular weight is 501 g/mol. The van der Waals surface area contributed by atoms with E-state index in [2.05, 4.69) is 27.6 Å². The first-order valence-electron chi connectivity index (χ1n) is 12.4. The van der Waals surface area contributed by atoms with E-state index in [-0.39, 0.29) is 6.42 Å². The third-order valence-corrected chi connectivity index (χ3v) is 5.80. The molecule has 4 rings (SSSR count). The van der Waals surface area contributed by atoms with Gasteiger partial charge in [0.05, 0.1) is 18.3 Å². The number of carboxylic acid groups (broad SMARTS) is 1. The molecule has 0 fully saturated rings. The molecule has 0 spiro atoms. The highest BCUT2D eigenvalue weighted by atomic mass is 16.4. The van der Waals surface area contributed by atoms with E-state index in [1.807, 2.05) is 80.0 Å². The lowest BCUT2D eigenvalue weighted by Crippen LogP contribution is -2.23. The molecule has 1 unspecified atom stereocenters. The zero-order chi connectivity index (χ0) is 26.5. The molecule has 8 nitrogen and oxygen atoms in total. The van der Waals surface area contributed by atoms with E-state index < -0.39 is 5.97 Å². The summed E-state index contributed by atoms with van der Waals surface area (Å²) < 4.78 is 1.76. The van der Waals surface area contributed by atoms with E-state index >= 15 is 0 Å². The Bertz CT molecular complexity index is 1220. The summed E-state index contributed by atoms with van der Waals surface area (Å²) in [6, 6.07) is 21.8. The van der Waals surface area contributed by atoms with Gasteiger partial charge >= 0.3 is 5.97 Å². The summed E-state index contributed by atoms with van der Waals surface area (Å²) in [4.78, 5) is 15.2.